The molecular weight excluding hydrogens is 429 g/mol. The Bertz CT molecular complexity index is 1070. The molecule has 8 heteroatoms. The second-order valence-electron chi connectivity index (χ2n) is 5.39. The van der Waals surface area contributed by atoms with Gasteiger partial charge in [-0.2, -0.15) is 18.2 Å². The van der Waals surface area contributed by atoms with Gasteiger partial charge in [0.1, 0.15) is 0 Å². The number of thiazole rings is 1. The van der Waals surface area contributed by atoms with E-state index < -0.39 is 17.6 Å². The molecule has 0 saturated carbocycles. The molecule has 0 bridgehead atoms. The first-order valence-corrected chi connectivity index (χ1v) is 9.06. The third kappa shape index (κ3) is 3.81. The van der Waals surface area contributed by atoms with Gasteiger partial charge in [-0.15, -0.1) is 6.58 Å². The number of fused-ring (bicyclic) bond motifs is 1. The molecule has 0 aliphatic carbocycles. The van der Waals surface area contributed by atoms with E-state index in [9.17, 15) is 18.0 Å². The van der Waals surface area contributed by atoms with Gasteiger partial charge in [-0.3, -0.25) is 4.79 Å². The minimum atomic E-state index is -4.51. The van der Waals surface area contributed by atoms with Crippen molar-refractivity contribution < 1.29 is 18.0 Å². The van der Waals surface area contributed by atoms with E-state index in [1.807, 2.05) is 18.2 Å². The lowest BCUT2D eigenvalue weighted by atomic mass is 10.1. The van der Waals surface area contributed by atoms with E-state index in [0.29, 0.717) is 11.3 Å². The molecule has 3 rings (SSSR count). The normalized spacial score (nSPS) is 12.5. The predicted octanol–water partition coefficient (Wildman–Crippen LogP) is 5.41. The number of carbonyl (C=O) groups excluding carboxylic acids is 1. The van der Waals surface area contributed by atoms with Crippen molar-refractivity contribution in [2.24, 2.45) is 4.99 Å². The number of allylic oxidation sites excluding steroid dienone is 1. The topological polar surface area (TPSA) is 34.4 Å². The first-order chi connectivity index (χ1) is 12.3. The number of amides is 1. The zero-order valence-electron chi connectivity index (χ0n) is 13.3. The van der Waals surface area contributed by atoms with Gasteiger partial charge in [-0.25, -0.2) is 0 Å². The molecule has 0 radical (unpaired) electrons. The molecular formula is C18H12BrF3N2OS. The summed E-state index contributed by atoms with van der Waals surface area (Å²) in [7, 11) is 0. The zero-order chi connectivity index (χ0) is 18.9. The Morgan fingerprint density at radius 3 is 2.73 bits per heavy atom. The molecule has 0 aliphatic heterocycles. The molecule has 0 N–H and O–H groups in total. The lowest BCUT2D eigenvalue weighted by Crippen LogP contribution is -2.16. The Morgan fingerprint density at radius 1 is 1.27 bits per heavy atom. The maximum Gasteiger partial charge on any atom is 0.416 e. The number of nitrogens with zero attached hydrogens (tertiary/aromatic N) is 2. The molecule has 134 valence electrons. The Kier molecular flexibility index (Phi) is 5.15. The van der Waals surface area contributed by atoms with Gasteiger partial charge in [0.05, 0.1) is 15.8 Å². The lowest BCUT2D eigenvalue weighted by molar-refractivity contribution is -0.137. The Morgan fingerprint density at radius 2 is 2.04 bits per heavy atom. The van der Waals surface area contributed by atoms with Gasteiger partial charge in [0.2, 0.25) is 0 Å². The fraction of sp³-hybridized carbons (Fsp3) is 0.111. The van der Waals surface area contributed by atoms with E-state index in [1.165, 1.54) is 23.5 Å². The van der Waals surface area contributed by atoms with Crippen LogP contribution in [0.25, 0.3) is 10.2 Å². The predicted molar refractivity (Wildman–Crippen MR) is 99.0 cm³/mol. The fourth-order valence-electron chi connectivity index (χ4n) is 2.42. The molecule has 0 unspecified atom stereocenters. The van der Waals surface area contributed by atoms with Gasteiger partial charge in [-0.1, -0.05) is 39.4 Å². The van der Waals surface area contributed by atoms with Crippen LogP contribution in [-0.2, 0) is 12.7 Å². The summed E-state index contributed by atoms with van der Waals surface area (Å²) >= 11 is 4.68. The average Bonchev–Trinajstić information content (AvgIpc) is 2.91. The van der Waals surface area contributed by atoms with Gasteiger partial charge in [0.25, 0.3) is 5.91 Å². The number of hydrogen-bond donors (Lipinski definition) is 0. The van der Waals surface area contributed by atoms with Crippen molar-refractivity contribution in [2.45, 2.75) is 12.7 Å². The highest BCUT2D eigenvalue weighted by Crippen LogP contribution is 2.29. The maximum absolute atomic E-state index is 12.8. The molecule has 1 heterocycles. The van der Waals surface area contributed by atoms with Crippen LogP contribution in [0, 0.1) is 0 Å². The van der Waals surface area contributed by atoms with Crippen LogP contribution in [0.5, 0.6) is 0 Å². The van der Waals surface area contributed by atoms with E-state index in [-0.39, 0.29) is 5.56 Å². The third-order valence-electron chi connectivity index (χ3n) is 3.59. The highest BCUT2D eigenvalue weighted by molar-refractivity contribution is 9.10. The molecule has 1 amide bonds. The molecule has 2 aromatic carbocycles. The zero-order valence-corrected chi connectivity index (χ0v) is 15.7. The molecule has 0 atom stereocenters. The number of halogens is 4. The van der Waals surface area contributed by atoms with Crippen molar-refractivity contribution in [3.63, 3.8) is 0 Å². The standard InChI is InChI=1S/C18H12BrF3N2OS/c1-2-8-24-14-7-6-13(19)10-15(14)26-17(24)23-16(25)11-4-3-5-12(9-11)18(20,21)22/h2-7,9-10H,1,8H2. The van der Waals surface area contributed by atoms with E-state index in [4.69, 9.17) is 0 Å². The fourth-order valence-corrected chi connectivity index (χ4v) is 4.01. The van der Waals surface area contributed by atoms with Crippen LogP contribution in [-0.4, -0.2) is 10.5 Å². The maximum atomic E-state index is 12.8. The van der Waals surface area contributed by atoms with Crippen molar-refractivity contribution in [3.8, 4) is 0 Å². The largest absolute Gasteiger partial charge is 0.416 e. The molecule has 0 saturated heterocycles. The van der Waals surface area contributed by atoms with Gasteiger partial charge < -0.3 is 4.57 Å². The minimum absolute atomic E-state index is 0.108. The summed E-state index contributed by atoms with van der Waals surface area (Å²) < 4.78 is 42.1. The highest BCUT2D eigenvalue weighted by Gasteiger charge is 2.30. The van der Waals surface area contributed by atoms with Crippen LogP contribution >= 0.6 is 27.3 Å². The van der Waals surface area contributed by atoms with Crippen LogP contribution in [0.15, 0.2) is 64.6 Å². The monoisotopic (exact) mass is 440 g/mol. The smallest absolute Gasteiger partial charge is 0.312 e. The summed E-state index contributed by atoms with van der Waals surface area (Å²) in [6.07, 6.45) is -2.84. The Hall–Kier alpha value is -2.19. The van der Waals surface area contributed by atoms with Crippen LogP contribution in [0.2, 0.25) is 0 Å². The average molecular weight is 441 g/mol. The first-order valence-electron chi connectivity index (χ1n) is 7.45. The summed E-state index contributed by atoms with van der Waals surface area (Å²) in [5.41, 5.74) is -0.116. The summed E-state index contributed by atoms with van der Waals surface area (Å²) in [4.78, 5) is 16.9. The van der Waals surface area contributed by atoms with Gasteiger partial charge in [0, 0.05) is 16.6 Å². The highest BCUT2D eigenvalue weighted by atomic mass is 79.9. The van der Waals surface area contributed by atoms with E-state index in [0.717, 1.165) is 26.8 Å². The van der Waals surface area contributed by atoms with Gasteiger partial charge in [-0.05, 0) is 36.4 Å². The van der Waals surface area contributed by atoms with Gasteiger partial charge >= 0.3 is 6.18 Å². The molecule has 0 spiro atoms. The molecule has 3 nitrogen and oxygen atoms in total. The van der Waals surface area contributed by atoms with E-state index in [1.54, 1.807) is 10.6 Å². The SMILES string of the molecule is C=CCn1c(=NC(=O)c2cccc(C(F)(F)F)c2)sc2cc(Br)ccc21. The van der Waals surface area contributed by atoms with Crippen molar-refractivity contribution in [2.75, 3.05) is 0 Å². The lowest BCUT2D eigenvalue weighted by Gasteiger charge is -2.06. The number of hydrogen-bond acceptors (Lipinski definition) is 2. The molecule has 0 fully saturated rings. The molecule has 1 aromatic heterocycles. The minimum Gasteiger partial charge on any atom is -0.312 e. The Labute approximate surface area is 159 Å². The number of benzene rings is 2. The second kappa shape index (κ2) is 7.20. The number of rotatable bonds is 3. The van der Waals surface area contributed by atoms with Crippen molar-refractivity contribution in [1.82, 2.24) is 4.57 Å². The number of alkyl halides is 3. The summed E-state index contributed by atoms with van der Waals surface area (Å²) in [6.45, 7) is 4.13. The summed E-state index contributed by atoms with van der Waals surface area (Å²) in [6, 6.07) is 9.90. The van der Waals surface area contributed by atoms with Crippen LogP contribution in [0.3, 0.4) is 0 Å². The van der Waals surface area contributed by atoms with Crippen LogP contribution in [0.4, 0.5) is 13.2 Å². The first kappa shape index (κ1) is 18.6. The summed E-state index contributed by atoms with van der Waals surface area (Å²) in [5.74, 6) is -0.723. The van der Waals surface area contributed by atoms with Crippen LogP contribution in [0.1, 0.15) is 15.9 Å². The van der Waals surface area contributed by atoms with Crippen LogP contribution < -0.4 is 4.80 Å². The van der Waals surface area contributed by atoms with E-state index in [2.05, 4.69) is 27.5 Å². The summed E-state index contributed by atoms with van der Waals surface area (Å²) in [5, 5.41) is 0. The third-order valence-corrected chi connectivity index (χ3v) is 5.12. The Balaban J connectivity index is 2.11. The number of aromatic nitrogens is 1. The molecule has 0 aliphatic rings. The van der Waals surface area contributed by atoms with Crippen molar-refractivity contribution in [1.29, 1.82) is 0 Å². The molecule has 3 aromatic rings. The van der Waals surface area contributed by atoms with Crippen molar-refractivity contribution in [3.05, 3.63) is 75.5 Å². The van der Waals surface area contributed by atoms with Crippen molar-refractivity contribution >= 4 is 43.4 Å². The van der Waals surface area contributed by atoms with E-state index >= 15 is 0 Å². The quantitative estimate of drug-likeness (QED) is 0.501. The second-order valence-corrected chi connectivity index (χ2v) is 7.32. The van der Waals surface area contributed by atoms with Gasteiger partial charge in [0.15, 0.2) is 4.80 Å². The number of carbonyl (C=O) groups is 1. The molecule has 26 heavy (non-hydrogen) atoms.